The zero-order chi connectivity index (χ0) is 15.8. The highest BCUT2D eigenvalue weighted by atomic mass is 19.1. The second-order valence-corrected chi connectivity index (χ2v) is 5.28. The monoisotopic (exact) mass is 308 g/mol. The van der Waals surface area contributed by atoms with Crippen molar-refractivity contribution in [2.24, 2.45) is 4.99 Å². The van der Waals surface area contributed by atoms with Crippen LogP contribution < -0.4 is 5.32 Å². The number of carbonyl (C=O) groups is 1. The summed E-state index contributed by atoms with van der Waals surface area (Å²) >= 11 is 0. The Hall–Kier alpha value is -3.02. The van der Waals surface area contributed by atoms with E-state index in [0.717, 1.165) is 0 Å². The lowest BCUT2D eigenvalue weighted by Gasteiger charge is -2.31. The average molecular weight is 308 g/mol. The molecule has 0 radical (unpaired) electrons. The number of aliphatic imine (C=N–C) groups is 1. The molecular weight excluding hydrogens is 295 g/mol. The van der Waals surface area contributed by atoms with E-state index in [1.54, 1.807) is 24.4 Å². The van der Waals surface area contributed by atoms with Gasteiger partial charge in [-0.15, -0.1) is 0 Å². The Morgan fingerprint density at radius 3 is 3.04 bits per heavy atom. The number of nitrogens with one attached hydrogen (secondary N) is 1. The average Bonchev–Trinajstić information content (AvgIpc) is 3.07. The van der Waals surface area contributed by atoms with Gasteiger partial charge in [-0.25, -0.2) is 4.39 Å². The molecule has 23 heavy (non-hydrogen) atoms. The molecule has 0 fully saturated rings. The number of pyridine rings is 1. The molecule has 0 unspecified atom stereocenters. The van der Waals surface area contributed by atoms with Crippen LogP contribution >= 0.6 is 0 Å². The highest BCUT2D eigenvalue weighted by Gasteiger charge is 2.31. The molecule has 0 spiro atoms. The topological polar surface area (TPSA) is 57.6 Å². The van der Waals surface area contributed by atoms with Crippen molar-refractivity contribution in [3.63, 3.8) is 0 Å². The minimum absolute atomic E-state index is 0.188. The number of ketones is 1. The van der Waals surface area contributed by atoms with Gasteiger partial charge in [0.1, 0.15) is 17.5 Å². The third-order valence-corrected chi connectivity index (χ3v) is 3.85. The van der Waals surface area contributed by atoms with Gasteiger partial charge in [-0.3, -0.25) is 14.8 Å². The fourth-order valence-corrected chi connectivity index (χ4v) is 2.78. The SMILES string of the molecule is O=C(/C=C1\Nc2c(F)cccc2C2=NCCN21)c1cccnc1. The van der Waals surface area contributed by atoms with E-state index in [1.807, 2.05) is 11.0 Å². The maximum absolute atomic E-state index is 14.1. The number of amidine groups is 1. The molecule has 114 valence electrons. The van der Waals surface area contributed by atoms with Crippen molar-refractivity contribution in [1.29, 1.82) is 0 Å². The molecule has 0 atom stereocenters. The van der Waals surface area contributed by atoms with E-state index in [1.165, 1.54) is 18.3 Å². The van der Waals surface area contributed by atoms with Gasteiger partial charge in [-0.2, -0.15) is 0 Å². The van der Waals surface area contributed by atoms with E-state index < -0.39 is 0 Å². The van der Waals surface area contributed by atoms with Crippen molar-refractivity contribution in [2.75, 3.05) is 18.4 Å². The molecule has 0 saturated carbocycles. The molecule has 1 aromatic heterocycles. The van der Waals surface area contributed by atoms with Crippen LogP contribution in [0.5, 0.6) is 0 Å². The summed E-state index contributed by atoms with van der Waals surface area (Å²) in [5.41, 5.74) is 1.56. The maximum atomic E-state index is 14.1. The van der Waals surface area contributed by atoms with Crippen molar-refractivity contribution in [3.05, 3.63) is 71.6 Å². The normalized spacial score (nSPS) is 17.3. The summed E-state index contributed by atoms with van der Waals surface area (Å²) in [6.07, 6.45) is 4.59. The first kappa shape index (κ1) is 13.6. The van der Waals surface area contributed by atoms with Crippen LogP contribution in [0.3, 0.4) is 0 Å². The second kappa shape index (κ2) is 5.31. The van der Waals surface area contributed by atoms with Gasteiger partial charge < -0.3 is 10.2 Å². The van der Waals surface area contributed by atoms with Gasteiger partial charge in [0.25, 0.3) is 0 Å². The molecule has 1 aromatic carbocycles. The summed E-state index contributed by atoms with van der Waals surface area (Å²) < 4.78 is 14.1. The number of fused-ring (bicyclic) bond motifs is 3. The standard InChI is InChI=1S/C17H13FN4O/c18-13-5-1-4-12-16(13)21-15(22-8-7-20-17(12)22)9-14(23)11-3-2-6-19-10-11/h1-6,9-10,21H,7-8H2/b15-9+. The molecule has 0 saturated heterocycles. The Bertz CT molecular complexity index is 845. The van der Waals surface area contributed by atoms with Crippen LogP contribution in [0.1, 0.15) is 15.9 Å². The van der Waals surface area contributed by atoms with Crippen molar-refractivity contribution in [1.82, 2.24) is 9.88 Å². The number of anilines is 1. The smallest absolute Gasteiger partial charge is 0.191 e. The number of nitrogens with zero attached hydrogens (tertiary/aromatic N) is 3. The Balaban J connectivity index is 1.76. The maximum Gasteiger partial charge on any atom is 0.191 e. The third-order valence-electron chi connectivity index (χ3n) is 3.85. The van der Waals surface area contributed by atoms with Crippen LogP contribution in [0.25, 0.3) is 0 Å². The van der Waals surface area contributed by atoms with Crippen molar-refractivity contribution >= 4 is 17.3 Å². The molecule has 6 heteroatoms. The summed E-state index contributed by atoms with van der Waals surface area (Å²) in [6.45, 7) is 1.27. The van der Waals surface area contributed by atoms with Gasteiger partial charge in [0, 0.05) is 36.1 Å². The lowest BCUT2D eigenvalue weighted by atomic mass is 10.1. The van der Waals surface area contributed by atoms with E-state index >= 15 is 0 Å². The largest absolute Gasteiger partial charge is 0.338 e. The molecule has 0 aliphatic carbocycles. The van der Waals surface area contributed by atoms with Crippen LogP contribution in [-0.4, -0.2) is 34.6 Å². The van der Waals surface area contributed by atoms with E-state index in [2.05, 4.69) is 15.3 Å². The first-order valence-corrected chi connectivity index (χ1v) is 7.28. The molecule has 0 amide bonds. The second-order valence-electron chi connectivity index (χ2n) is 5.28. The molecule has 3 heterocycles. The summed E-state index contributed by atoms with van der Waals surface area (Å²) in [5.74, 6) is 0.680. The summed E-state index contributed by atoms with van der Waals surface area (Å²) in [4.78, 5) is 22.7. The minimum atomic E-state index is -0.364. The Morgan fingerprint density at radius 2 is 2.22 bits per heavy atom. The highest BCUT2D eigenvalue weighted by molar-refractivity contribution is 6.10. The number of carbonyl (C=O) groups excluding carboxylic acids is 1. The lowest BCUT2D eigenvalue weighted by Crippen LogP contribution is -2.37. The van der Waals surface area contributed by atoms with Crippen LogP contribution in [-0.2, 0) is 0 Å². The molecular formula is C17H13FN4O. The number of allylic oxidation sites excluding steroid dienone is 1. The van der Waals surface area contributed by atoms with E-state index in [4.69, 9.17) is 0 Å². The Labute approximate surface area is 132 Å². The summed E-state index contributed by atoms with van der Waals surface area (Å²) in [7, 11) is 0. The Kier molecular flexibility index (Phi) is 3.15. The molecule has 4 rings (SSSR count). The molecule has 1 N–H and O–H groups in total. The fourth-order valence-electron chi connectivity index (χ4n) is 2.78. The van der Waals surface area contributed by atoms with E-state index in [9.17, 15) is 9.18 Å². The van der Waals surface area contributed by atoms with Gasteiger partial charge >= 0.3 is 0 Å². The number of hydrogen-bond donors (Lipinski definition) is 1. The fraction of sp³-hybridized carbons (Fsp3) is 0.118. The highest BCUT2D eigenvalue weighted by Crippen LogP contribution is 2.31. The van der Waals surface area contributed by atoms with Gasteiger partial charge in [0.05, 0.1) is 12.2 Å². The summed E-state index contributed by atoms with van der Waals surface area (Å²) in [6, 6.07) is 8.27. The molecule has 2 aliphatic rings. The third kappa shape index (κ3) is 2.28. The number of hydrogen-bond acceptors (Lipinski definition) is 5. The predicted molar refractivity (Wildman–Crippen MR) is 84.8 cm³/mol. The predicted octanol–water partition coefficient (Wildman–Crippen LogP) is 2.43. The van der Waals surface area contributed by atoms with Crippen LogP contribution in [0.2, 0.25) is 0 Å². The van der Waals surface area contributed by atoms with Crippen molar-refractivity contribution in [2.45, 2.75) is 0 Å². The van der Waals surface area contributed by atoms with Crippen molar-refractivity contribution in [3.8, 4) is 0 Å². The summed E-state index contributed by atoms with van der Waals surface area (Å²) in [5, 5.41) is 3.03. The van der Waals surface area contributed by atoms with E-state index in [0.29, 0.717) is 41.6 Å². The molecule has 0 bridgehead atoms. The van der Waals surface area contributed by atoms with Gasteiger partial charge in [0.2, 0.25) is 0 Å². The minimum Gasteiger partial charge on any atom is -0.338 e. The van der Waals surface area contributed by atoms with Gasteiger partial charge in [0.15, 0.2) is 5.78 Å². The molecule has 2 aromatic rings. The molecule has 2 aliphatic heterocycles. The zero-order valence-electron chi connectivity index (χ0n) is 12.2. The number of halogens is 1. The zero-order valence-corrected chi connectivity index (χ0v) is 12.2. The van der Waals surface area contributed by atoms with E-state index in [-0.39, 0.29) is 11.6 Å². The number of rotatable bonds is 2. The number of benzene rings is 1. The molecule has 5 nitrogen and oxygen atoms in total. The van der Waals surface area contributed by atoms with Crippen LogP contribution in [0.15, 0.2) is 59.6 Å². The van der Waals surface area contributed by atoms with Gasteiger partial charge in [-0.1, -0.05) is 6.07 Å². The quantitative estimate of drug-likeness (QED) is 0.684. The van der Waals surface area contributed by atoms with Crippen LogP contribution in [0, 0.1) is 5.82 Å². The Morgan fingerprint density at radius 1 is 1.30 bits per heavy atom. The van der Waals surface area contributed by atoms with Crippen LogP contribution in [0.4, 0.5) is 10.1 Å². The lowest BCUT2D eigenvalue weighted by molar-refractivity contribution is 0.104. The van der Waals surface area contributed by atoms with Gasteiger partial charge in [-0.05, 0) is 24.3 Å². The number of aromatic nitrogens is 1. The first-order valence-electron chi connectivity index (χ1n) is 7.28. The van der Waals surface area contributed by atoms with Crippen molar-refractivity contribution < 1.29 is 9.18 Å². The first-order chi connectivity index (χ1) is 11.2. The number of para-hydroxylation sites is 1.